The first-order chi connectivity index (χ1) is 10.9. The average molecular weight is 309 g/mol. The lowest BCUT2D eigenvalue weighted by Crippen LogP contribution is -1.83. The van der Waals surface area contributed by atoms with Crippen molar-refractivity contribution in [2.45, 2.75) is 116 Å². The molecule has 0 radical (unpaired) electrons. The maximum Gasteiger partial charge on any atom is 0.119 e. The molecule has 0 N–H and O–H groups in total. The fourth-order valence-corrected chi connectivity index (χ4v) is 2.82. The van der Waals surface area contributed by atoms with Crippen LogP contribution in [0.3, 0.4) is 0 Å². The molecule has 0 heterocycles. The predicted molar refractivity (Wildman–Crippen MR) is 99.4 cm³/mol. The van der Waals surface area contributed by atoms with E-state index in [0.717, 1.165) is 19.1 Å². The Morgan fingerprint density at radius 3 is 1.27 bits per heavy atom. The quantitative estimate of drug-likeness (QED) is 0.146. The van der Waals surface area contributed by atoms with E-state index in [-0.39, 0.29) is 0 Å². The Bertz CT molecular complexity index is 232. The number of carbonyl (C=O) groups excluding carboxylic acids is 1. The van der Waals surface area contributed by atoms with E-state index in [9.17, 15) is 4.79 Å². The van der Waals surface area contributed by atoms with Crippen LogP contribution < -0.4 is 0 Å². The first kappa shape index (κ1) is 21.4. The molecule has 130 valence electrons. The predicted octanol–water partition coefficient (Wildman–Crippen LogP) is 7.39. The summed E-state index contributed by atoms with van der Waals surface area (Å²) in [5.74, 6) is 0. The number of hydrogen-bond acceptors (Lipinski definition) is 1. The zero-order chi connectivity index (χ0) is 16.1. The van der Waals surface area contributed by atoms with Gasteiger partial charge in [0.25, 0.3) is 0 Å². The summed E-state index contributed by atoms with van der Waals surface area (Å²) in [6.07, 6.45) is 28.1. The lowest BCUT2D eigenvalue weighted by molar-refractivity contribution is -0.107. The molecule has 22 heavy (non-hydrogen) atoms. The number of carbonyl (C=O) groups is 1. The van der Waals surface area contributed by atoms with Crippen molar-refractivity contribution in [2.75, 3.05) is 0 Å². The van der Waals surface area contributed by atoms with Gasteiger partial charge >= 0.3 is 0 Å². The molecule has 0 rings (SSSR count). The van der Waals surface area contributed by atoms with E-state index < -0.39 is 0 Å². The SMILES string of the molecule is CCCCC=CCCCCCCCCCCCCCCC=O. The van der Waals surface area contributed by atoms with Gasteiger partial charge in [-0.05, 0) is 25.7 Å². The molecular formula is C21H40O. The minimum absolute atomic E-state index is 0.758. The molecule has 0 aliphatic carbocycles. The largest absolute Gasteiger partial charge is 0.303 e. The highest BCUT2D eigenvalue weighted by Gasteiger charge is 1.93. The highest BCUT2D eigenvalue weighted by atomic mass is 16.1. The number of unbranched alkanes of at least 4 members (excludes halogenated alkanes) is 15. The number of allylic oxidation sites excluding steroid dienone is 2. The summed E-state index contributed by atoms with van der Waals surface area (Å²) in [6, 6.07) is 0. The molecule has 1 heteroatoms. The standard InChI is InChI=1S/C21H40O/c1-2-3-4-5-6-7-8-9-10-11-12-13-14-15-16-17-18-19-20-21-22/h5-6,21H,2-4,7-20H2,1H3. The van der Waals surface area contributed by atoms with E-state index in [4.69, 9.17) is 0 Å². The van der Waals surface area contributed by atoms with Crippen LogP contribution in [-0.4, -0.2) is 6.29 Å². The molecule has 0 bridgehead atoms. The molecule has 0 saturated heterocycles. The van der Waals surface area contributed by atoms with Crippen molar-refractivity contribution < 1.29 is 4.79 Å². The molecule has 0 aromatic carbocycles. The zero-order valence-electron chi connectivity index (χ0n) is 15.2. The van der Waals surface area contributed by atoms with Gasteiger partial charge in [0.05, 0.1) is 0 Å². The summed E-state index contributed by atoms with van der Waals surface area (Å²) in [5.41, 5.74) is 0. The Labute approximate surface area is 140 Å². The van der Waals surface area contributed by atoms with Crippen molar-refractivity contribution in [3.63, 3.8) is 0 Å². The van der Waals surface area contributed by atoms with Gasteiger partial charge in [-0.1, -0.05) is 96.1 Å². The van der Waals surface area contributed by atoms with Crippen LogP contribution in [0.2, 0.25) is 0 Å². The average Bonchev–Trinajstić information content (AvgIpc) is 2.54. The van der Waals surface area contributed by atoms with Crippen LogP contribution in [0.15, 0.2) is 12.2 Å². The third kappa shape index (κ3) is 19.4. The monoisotopic (exact) mass is 308 g/mol. The molecule has 0 unspecified atom stereocenters. The van der Waals surface area contributed by atoms with Crippen LogP contribution in [-0.2, 0) is 4.79 Å². The maximum absolute atomic E-state index is 10.2. The molecule has 0 aromatic rings. The maximum atomic E-state index is 10.2. The van der Waals surface area contributed by atoms with Gasteiger partial charge in [-0.25, -0.2) is 0 Å². The first-order valence-electron chi connectivity index (χ1n) is 10.0. The number of hydrogen-bond donors (Lipinski definition) is 0. The number of aldehydes is 1. The summed E-state index contributed by atoms with van der Waals surface area (Å²) in [7, 11) is 0. The normalized spacial score (nSPS) is 11.3. The van der Waals surface area contributed by atoms with Crippen LogP contribution in [0, 0.1) is 0 Å². The molecule has 0 aromatic heterocycles. The first-order valence-corrected chi connectivity index (χ1v) is 10.0. The molecule has 0 saturated carbocycles. The van der Waals surface area contributed by atoms with Crippen LogP contribution >= 0.6 is 0 Å². The summed E-state index contributed by atoms with van der Waals surface area (Å²) in [6.45, 7) is 2.25. The van der Waals surface area contributed by atoms with Gasteiger partial charge in [0.15, 0.2) is 0 Å². The van der Waals surface area contributed by atoms with E-state index in [1.165, 1.54) is 96.3 Å². The van der Waals surface area contributed by atoms with Gasteiger partial charge in [0.2, 0.25) is 0 Å². The summed E-state index contributed by atoms with van der Waals surface area (Å²) >= 11 is 0. The Morgan fingerprint density at radius 1 is 0.500 bits per heavy atom. The van der Waals surface area contributed by atoms with Crippen LogP contribution in [0.4, 0.5) is 0 Å². The summed E-state index contributed by atoms with van der Waals surface area (Å²) in [4.78, 5) is 10.2. The Morgan fingerprint density at radius 2 is 0.864 bits per heavy atom. The van der Waals surface area contributed by atoms with Gasteiger partial charge in [0.1, 0.15) is 6.29 Å². The van der Waals surface area contributed by atoms with Crippen molar-refractivity contribution in [1.82, 2.24) is 0 Å². The highest BCUT2D eigenvalue weighted by molar-refractivity contribution is 5.48. The third-order valence-corrected chi connectivity index (χ3v) is 4.33. The minimum Gasteiger partial charge on any atom is -0.303 e. The van der Waals surface area contributed by atoms with E-state index in [1.54, 1.807) is 0 Å². The highest BCUT2D eigenvalue weighted by Crippen LogP contribution is 2.13. The second-order valence-electron chi connectivity index (χ2n) is 6.60. The smallest absolute Gasteiger partial charge is 0.119 e. The second kappa shape index (κ2) is 20.4. The Balaban J connectivity index is 2.99. The van der Waals surface area contributed by atoms with Gasteiger partial charge in [-0.15, -0.1) is 0 Å². The van der Waals surface area contributed by atoms with Crippen molar-refractivity contribution in [1.29, 1.82) is 0 Å². The summed E-state index contributed by atoms with van der Waals surface area (Å²) in [5, 5.41) is 0. The molecule has 0 fully saturated rings. The fraction of sp³-hybridized carbons (Fsp3) is 0.857. The molecule has 1 nitrogen and oxygen atoms in total. The summed E-state index contributed by atoms with van der Waals surface area (Å²) < 4.78 is 0. The van der Waals surface area contributed by atoms with Crippen molar-refractivity contribution >= 4 is 6.29 Å². The van der Waals surface area contributed by atoms with Gasteiger partial charge in [-0.2, -0.15) is 0 Å². The minimum atomic E-state index is 0.758. The lowest BCUT2D eigenvalue weighted by Gasteiger charge is -2.02. The van der Waals surface area contributed by atoms with E-state index in [0.29, 0.717) is 0 Å². The molecule has 0 aliphatic rings. The van der Waals surface area contributed by atoms with Crippen LogP contribution in [0.25, 0.3) is 0 Å². The fourth-order valence-electron chi connectivity index (χ4n) is 2.82. The second-order valence-corrected chi connectivity index (χ2v) is 6.60. The molecule has 0 amide bonds. The molecular weight excluding hydrogens is 268 g/mol. The van der Waals surface area contributed by atoms with Gasteiger partial charge in [-0.3, -0.25) is 0 Å². The van der Waals surface area contributed by atoms with Gasteiger partial charge < -0.3 is 4.79 Å². The van der Waals surface area contributed by atoms with Crippen LogP contribution in [0.5, 0.6) is 0 Å². The Hall–Kier alpha value is -0.590. The van der Waals surface area contributed by atoms with Crippen molar-refractivity contribution in [3.05, 3.63) is 12.2 Å². The molecule has 0 aliphatic heterocycles. The molecule has 0 spiro atoms. The lowest BCUT2D eigenvalue weighted by atomic mass is 10.0. The molecule has 0 atom stereocenters. The van der Waals surface area contributed by atoms with E-state index >= 15 is 0 Å². The van der Waals surface area contributed by atoms with Crippen molar-refractivity contribution in [3.8, 4) is 0 Å². The Kier molecular flexibility index (Phi) is 19.9. The van der Waals surface area contributed by atoms with Crippen molar-refractivity contribution in [2.24, 2.45) is 0 Å². The van der Waals surface area contributed by atoms with Gasteiger partial charge in [0, 0.05) is 6.42 Å². The number of rotatable bonds is 18. The van der Waals surface area contributed by atoms with E-state index in [2.05, 4.69) is 19.1 Å². The topological polar surface area (TPSA) is 17.1 Å². The van der Waals surface area contributed by atoms with Crippen LogP contribution in [0.1, 0.15) is 116 Å². The zero-order valence-corrected chi connectivity index (χ0v) is 15.2. The van der Waals surface area contributed by atoms with E-state index in [1.807, 2.05) is 0 Å². The third-order valence-electron chi connectivity index (χ3n) is 4.33.